The average molecular weight is 797 g/mol. The number of hydrogen-bond donors (Lipinski definition) is 5. The first-order chi connectivity index (χ1) is 26.2. The third-order valence-corrected chi connectivity index (χ3v) is 14.1. The number of piperidine rings is 1. The molecule has 0 radical (unpaired) electrons. The van der Waals surface area contributed by atoms with Crippen LogP contribution < -0.4 is 26.6 Å². The fourth-order valence-electron chi connectivity index (χ4n) is 9.01. The van der Waals surface area contributed by atoms with Crippen molar-refractivity contribution in [2.45, 2.75) is 129 Å². The van der Waals surface area contributed by atoms with E-state index in [2.05, 4.69) is 47.0 Å². The molecule has 1 heterocycles. The molecule has 14 heteroatoms. The van der Waals surface area contributed by atoms with Gasteiger partial charge in [0.1, 0.15) is 12.1 Å². The van der Waals surface area contributed by atoms with Crippen molar-refractivity contribution in [1.82, 2.24) is 31.5 Å². The van der Waals surface area contributed by atoms with Crippen molar-refractivity contribution in [2.75, 3.05) is 25.9 Å². The number of rotatable bonds is 17. The summed E-state index contributed by atoms with van der Waals surface area (Å²) in [6, 6.07) is 3.15. The highest BCUT2D eigenvalue weighted by atomic mass is 32.2. The lowest BCUT2D eigenvalue weighted by molar-refractivity contribution is -0.146. The van der Waals surface area contributed by atoms with Gasteiger partial charge in [-0.3, -0.25) is 19.2 Å². The molecule has 2 unspecified atom stereocenters. The molecule has 1 saturated heterocycles. The molecule has 5 amide bonds. The normalized spacial score (nSPS) is 24.1. The van der Waals surface area contributed by atoms with Crippen molar-refractivity contribution in [2.24, 2.45) is 34.0 Å². The molecule has 6 atom stereocenters. The van der Waals surface area contributed by atoms with E-state index in [9.17, 15) is 32.4 Å². The van der Waals surface area contributed by atoms with E-state index in [1.165, 1.54) is 12.3 Å². The number of Topliss-reactive ketones (excluding diaryl/α,β-unsaturated/α-hetero) is 1. The van der Waals surface area contributed by atoms with Gasteiger partial charge >= 0.3 is 6.03 Å². The zero-order chi connectivity index (χ0) is 41.2. The Labute approximate surface area is 333 Å². The van der Waals surface area contributed by atoms with Crippen LogP contribution in [0.15, 0.2) is 41.8 Å². The van der Waals surface area contributed by atoms with Crippen LogP contribution in [0.3, 0.4) is 0 Å². The van der Waals surface area contributed by atoms with E-state index in [4.69, 9.17) is 0 Å². The minimum atomic E-state index is -3.43. The first kappa shape index (κ1) is 43.3. The Morgan fingerprint density at radius 2 is 1.64 bits per heavy atom. The van der Waals surface area contributed by atoms with Gasteiger partial charge in [-0.05, 0) is 64.9 Å². The summed E-state index contributed by atoms with van der Waals surface area (Å²) in [5.74, 6) is -2.05. The third kappa shape index (κ3) is 10.0. The lowest BCUT2D eigenvalue weighted by Gasteiger charge is -2.43. The van der Waals surface area contributed by atoms with Crippen LogP contribution in [-0.4, -0.2) is 92.9 Å². The lowest BCUT2D eigenvalue weighted by Crippen LogP contribution is -2.63. The molecule has 1 aromatic rings. The van der Waals surface area contributed by atoms with E-state index in [1.54, 1.807) is 29.2 Å². The van der Waals surface area contributed by atoms with Crippen LogP contribution in [0.5, 0.6) is 0 Å². The summed E-state index contributed by atoms with van der Waals surface area (Å²) in [5, 5.41) is 15.0. The lowest BCUT2D eigenvalue weighted by atomic mass is 9.70. The van der Waals surface area contributed by atoms with Gasteiger partial charge in [0, 0.05) is 38.5 Å². The van der Waals surface area contributed by atoms with Crippen LogP contribution in [0.1, 0.15) is 98.5 Å². The van der Waals surface area contributed by atoms with Crippen molar-refractivity contribution in [3.8, 4) is 0 Å². The first-order valence-electron chi connectivity index (χ1n) is 20.3. The molecule has 13 nitrogen and oxygen atoms in total. The second-order valence-electron chi connectivity index (χ2n) is 18.7. The molecule has 4 aliphatic rings. The zero-order valence-corrected chi connectivity index (χ0v) is 35.2. The summed E-state index contributed by atoms with van der Waals surface area (Å²) in [7, 11) is -3.43. The smallest absolute Gasteiger partial charge is 0.315 e. The molecule has 0 spiro atoms. The number of nitrogens with one attached hydrogen (secondary N) is 5. The largest absolute Gasteiger partial charge is 0.346 e. The molecule has 3 aliphatic carbocycles. The maximum absolute atomic E-state index is 14.9. The number of ketones is 1. The molecule has 1 aliphatic heterocycles. The molecule has 4 fully saturated rings. The molecule has 0 bridgehead atoms. The van der Waals surface area contributed by atoms with Crippen LogP contribution >= 0.6 is 0 Å². The SMILES string of the molecule is C=CCNC(=O)C(=O)C(CC1CC1)NC(=O)[C@@H]1[C@@H]2C(CN1C(=O)[C@@H](NC(=O)N[C@H](CNCc1ccccc1S(C)(=O)=O)C(C)(C)C)C1(C)CCCCC1)C2(C)C. The minimum Gasteiger partial charge on any atom is -0.346 e. The van der Waals surface area contributed by atoms with Gasteiger partial charge in [0.2, 0.25) is 17.6 Å². The molecule has 310 valence electrons. The molecule has 5 rings (SSSR count). The molecule has 1 aromatic carbocycles. The summed E-state index contributed by atoms with van der Waals surface area (Å²) in [5.41, 5.74) is -0.529. The second-order valence-corrected chi connectivity index (χ2v) is 20.7. The van der Waals surface area contributed by atoms with Crippen LogP contribution in [0.4, 0.5) is 4.79 Å². The fraction of sp³-hybridized carbons (Fsp3) is 0.690. The van der Waals surface area contributed by atoms with Crippen LogP contribution in [0, 0.1) is 34.0 Å². The molecule has 3 saturated carbocycles. The summed E-state index contributed by atoms with van der Waals surface area (Å²) < 4.78 is 24.7. The van der Waals surface area contributed by atoms with Gasteiger partial charge in [-0.1, -0.05) is 97.9 Å². The van der Waals surface area contributed by atoms with Gasteiger partial charge in [-0.15, -0.1) is 6.58 Å². The van der Waals surface area contributed by atoms with E-state index in [0.29, 0.717) is 25.1 Å². The average Bonchev–Trinajstić information content (AvgIpc) is 3.98. The highest BCUT2D eigenvalue weighted by Crippen LogP contribution is 2.65. The van der Waals surface area contributed by atoms with Gasteiger partial charge in [-0.2, -0.15) is 0 Å². The van der Waals surface area contributed by atoms with Gasteiger partial charge in [0.15, 0.2) is 9.84 Å². The van der Waals surface area contributed by atoms with Gasteiger partial charge < -0.3 is 31.5 Å². The second kappa shape index (κ2) is 17.0. The monoisotopic (exact) mass is 796 g/mol. The number of sulfone groups is 1. The van der Waals surface area contributed by atoms with E-state index in [0.717, 1.165) is 44.9 Å². The van der Waals surface area contributed by atoms with Gasteiger partial charge in [0.25, 0.3) is 5.91 Å². The Morgan fingerprint density at radius 1 is 0.982 bits per heavy atom. The maximum Gasteiger partial charge on any atom is 0.315 e. The van der Waals surface area contributed by atoms with E-state index in [1.807, 2.05) is 27.7 Å². The van der Waals surface area contributed by atoms with Crippen molar-refractivity contribution in [3.05, 3.63) is 42.5 Å². The van der Waals surface area contributed by atoms with Gasteiger partial charge in [-0.25, -0.2) is 13.2 Å². The Bertz CT molecular complexity index is 1780. The highest BCUT2D eigenvalue weighted by Gasteiger charge is 2.70. The Morgan fingerprint density at radius 3 is 2.25 bits per heavy atom. The Hall–Kier alpha value is -3.78. The number of fused-ring (bicyclic) bond motifs is 1. The molecular formula is C42H64N6O7S. The Balaban J connectivity index is 1.34. The number of likely N-dealkylation sites (tertiary alicyclic amines) is 1. The molecular weight excluding hydrogens is 733 g/mol. The van der Waals surface area contributed by atoms with Crippen molar-refractivity contribution in [1.29, 1.82) is 0 Å². The maximum atomic E-state index is 14.9. The first-order valence-corrected chi connectivity index (χ1v) is 22.2. The predicted octanol–water partition coefficient (Wildman–Crippen LogP) is 3.87. The molecule has 56 heavy (non-hydrogen) atoms. The summed E-state index contributed by atoms with van der Waals surface area (Å²) >= 11 is 0. The topological polar surface area (TPSA) is 183 Å². The number of urea groups is 1. The van der Waals surface area contributed by atoms with Crippen LogP contribution in [0.2, 0.25) is 0 Å². The van der Waals surface area contributed by atoms with Gasteiger partial charge in [0.05, 0.1) is 10.9 Å². The number of amides is 5. The highest BCUT2D eigenvalue weighted by molar-refractivity contribution is 7.90. The number of benzene rings is 1. The number of carbonyl (C=O) groups excluding carboxylic acids is 5. The van der Waals surface area contributed by atoms with Crippen molar-refractivity contribution >= 4 is 39.4 Å². The van der Waals surface area contributed by atoms with E-state index in [-0.39, 0.29) is 47.1 Å². The summed E-state index contributed by atoms with van der Waals surface area (Å²) in [6.07, 6.45) is 9.20. The van der Waals surface area contributed by atoms with Crippen molar-refractivity contribution < 1.29 is 32.4 Å². The number of nitrogens with zero attached hydrogens (tertiary/aromatic N) is 1. The summed E-state index contributed by atoms with van der Waals surface area (Å²) in [6.45, 7) is 16.9. The van der Waals surface area contributed by atoms with Crippen molar-refractivity contribution in [3.63, 3.8) is 0 Å². The van der Waals surface area contributed by atoms with Crippen LogP contribution in [-0.2, 0) is 35.6 Å². The fourth-order valence-corrected chi connectivity index (χ4v) is 9.96. The standard InChI is InChI=1S/C42H64N6O7S/c1-9-21-44-37(51)34(49)29(22-26-17-18-26)45-36(50)33-32-28(41(32,5)6)25-48(33)38(52)35(42(7)19-13-10-14-20-42)47-39(53)46-31(40(2,3)4)24-43-23-27-15-11-12-16-30(27)56(8,54)55/h9,11-12,15-16,26,28-29,31-33,35,43H,1,10,13-14,17-25H2,2-8H3,(H,44,51)(H,45,50)(H2,46,47,53)/t28?,29?,31-,32+,33+,35-/m1/s1. The molecule has 5 N–H and O–H groups in total. The Kier molecular flexibility index (Phi) is 13.1. The van der Waals surface area contributed by atoms with E-state index >= 15 is 0 Å². The van der Waals surface area contributed by atoms with Crippen LogP contribution in [0.25, 0.3) is 0 Å². The van der Waals surface area contributed by atoms with E-state index < -0.39 is 68.5 Å². The molecule has 0 aromatic heterocycles. The predicted molar refractivity (Wildman–Crippen MR) is 215 cm³/mol. The number of hydrogen-bond acceptors (Lipinski definition) is 8. The number of carbonyl (C=O) groups is 5. The minimum absolute atomic E-state index is 0.0773. The quantitative estimate of drug-likeness (QED) is 0.116. The zero-order valence-electron chi connectivity index (χ0n) is 34.3. The third-order valence-electron chi connectivity index (χ3n) is 12.9. The summed E-state index contributed by atoms with van der Waals surface area (Å²) in [4.78, 5) is 71.2.